The van der Waals surface area contributed by atoms with Gasteiger partial charge in [0.15, 0.2) is 9.84 Å². The monoisotopic (exact) mass is 396 g/mol. The summed E-state index contributed by atoms with van der Waals surface area (Å²) in [5.74, 6) is -0.507. The second kappa shape index (κ2) is 8.32. The van der Waals surface area contributed by atoms with E-state index in [9.17, 15) is 21.6 Å². The van der Waals surface area contributed by atoms with Gasteiger partial charge in [0.1, 0.15) is 0 Å². The normalized spacial score (nSPS) is 27.3. The van der Waals surface area contributed by atoms with Crippen LogP contribution >= 0.6 is 0 Å². The number of piperidine rings is 1. The molecule has 0 saturated carbocycles. The Labute approximate surface area is 150 Å². The lowest BCUT2D eigenvalue weighted by Gasteiger charge is -2.36. The Morgan fingerprint density at radius 3 is 2.60 bits per heavy atom. The maximum atomic E-state index is 12.9. The van der Waals surface area contributed by atoms with E-state index in [0.717, 1.165) is 0 Å². The lowest BCUT2D eigenvalue weighted by molar-refractivity contribution is -0.138. The molecule has 1 amide bonds. The number of hydrogen-bond acceptors (Lipinski definition) is 6. The molecule has 25 heavy (non-hydrogen) atoms. The number of carbonyl (C=O) groups excluding carboxylic acids is 1. The highest BCUT2D eigenvalue weighted by Gasteiger charge is 2.38. The predicted molar refractivity (Wildman–Crippen MR) is 94.4 cm³/mol. The topological polar surface area (TPSA) is 101 Å². The summed E-state index contributed by atoms with van der Waals surface area (Å²) < 4.78 is 54.3. The predicted octanol–water partition coefficient (Wildman–Crippen LogP) is -0.290. The Bertz CT molecular complexity index is 676. The second-order valence-corrected chi connectivity index (χ2v) is 11.0. The summed E-state index contributed by atoms with van der Waals surface area (Å²) in [6, 6.07) is -0.289. The van der Waals surface area contributed by atoms with E-state index in [2.05, 4.69) is 0 Å². The van der Waals surface area contributed by atoms with Crippen molar-refractivity contribution in [3.63, 3.8) is 0 Å². The van der Waals surface area contributed by atoms with Crippen LogP contribution in [-0.4, -0.2) is 88.6 Å². The van der Waals surface area contributed by atoms with Gasteiger partial charge in [0.05, 0.1) is 29.8 Å². The Kier molecular flexibility index (Phi) is 6.86. The van der Waals surface area contributed by atoms with Gasteiger partial charge in [-0.2, -0.15) is 0 Å². The van der Waals surface area contributed by atoms with Crippen molar-refractivity contribution in [1.29, 1.82) is 0 Å². The standard InChI is InChI=1S/C15H28N2O6S2/c1-3-17(14-6-9-24(19,20)12-14)15(18)13-5-4-7-16(11-13)25(21,22)10-8-23-2/h13-14H,3-12H2,1-2H3. The quantitative estimate of drug-likeness (QED) is 0.586. The number of amides is 1. The van der Waals surface area contributed by atoms with Crippen molar-refractivity contribution >= 4 is 25.8 Å². The highest BCUT2D eigenvalue weighted by atomic mass is 32.2. The number of hydrogen-bond donors (Lipinski definition) is 0. The fourth-order valence-electron chi connectivity index (χ4n) is 3.56. The van der Waals surface area contributed by atoms with E-state index in [-0.39, 0.29) is 42.4 Å². The molecule has 0 aromatic carbocycles. The van der Waals surface area contributed by atoms with Crippen molar-refractivity contribution in [1.82, 2.24) is 9.21 Å². The molecular formula is C15H28N2O6S2. The first-order valence-electron chi connectivity index (χ1n) is 8.68. The average molecular weight is 397 g/mol. The molecule has 0 bridgehead atoms. The van der Waals surface area contributed by atoms with Crippen LogP contribution in [0.25, 0.3) is 0 Å². The lowest BCUT2D eigenvalue weighted by Crippen LogP contribution is -2.50. The van der Waals surface area contributed by atoms with Crippen LogP contribution < -0.4 is 0 Å². The summed E-state index contributed by atoms with van der Waals surface area (Å²) in [5, 5.41) is 0. The summed E-state index contributed by atoms with van der Waals surface area (Å²) in [6.45, 7) is 2.98. The van der Waals surface area contributed by atoms with Gasteiger partial charge in [0.25, 0.3) is 0 Å². The molecule has 0 aromatic rings. The summed E-state index contributed by atoms with van der Waals surface area (Å²) in [5.41, 5.74) is 0. The van der Waals surface area contributed by atoms with Crippen LogP contribution in [0.4, 0.5) is 0 Å². The molecule has 8 nitrogen and oxygen atoms in total. The Morgan fingerprint density at radius 1 is 1.32 bits per heavy atom. The summed E-state index contributed by atoms with van der Waals surface area (Å²) in [6.07, 6.45) is 1.72. The summed E-state index contributed by atoms with van der Waals surface area (Å²) >= 11 is 0. The van der Waals surface area contributed by atoms with Gasteiger partial charge in [-0.3, -0.25) is 4.79 Å². The van der Waals surface area contributed by atoms with E-state index in [1.54, 1.807) is 4.90 Å². The third kappa shape index (κ3) is 5.15. The zero-order valence-corrected chi connectivity index (χ0v) is 16.5. The number of nitrogens with zero attached hydrogens (tertiary/aromatic N) is 2. The molecule has 146 valence electrons. The van der Waals surface area contributed by atoms with E-state index in [1.807, 2.05) is 6.92 Å². The van der Waals surface area contributed by atoms with Gasteiger partial charge in [-0.15, -0.1) is 0 Å². The van der Waals surface area contributed by atoms with Gasteiger partial charge >= 0.3 is 0 Å². The molecule has 0 radical (unpaired) electrons. The summed E-state index contributed by atoms with van der Waals surface area (Å²) in [7, 11) is -5.06. The largest absolute Gasteiger partial charge is 0.384 e. The third-order valence-electron chi connectivity index (χ3n) is 4.95. The molecule has 2 aliphatic rings. The third-order valence-corrected chi connectivity index (χ3v) is 8.50. The first-order valence-corrected chi connectivity index (χ1v) is 12.1. The molecule has 2 saturated heterocycles. The van der Waals surface area contributed by atoms with Crippen LogP contribution in [0.15, 0.2) is 0 Å². The Balaban J connectivity index is 2.05. The van der Waals surface area contributed by atoms with E-state index < -0.39 is 25.8 Å². The number of ether oxygens (including phenoxy) is 1. The number of rotatable bonds is 7. The van der Waals surface area contributed by atoms with Crippen LogP contribution in [0.1, 0.15) is 26.2 Å². The highest BCUT2D eigenvalue weighted by molar-refractivity contribution is 7.91. The van der Waals surface area contributed by atoms with Crippen molar-refractivity contribution < 1.29 is 26.4 Å². The highest BCUT2D eigenvalue weighted by Crippen LogP contribution is 2.25. The van der Waals surface area contributed by atoms with Crippen LogP contribution in [0.3, 0.4) is 0 Å². The first-order chi connectivity index (χ1) is 11.7. The lowest BCUT2D eigenvalue weighted by atomic mass is 9.97. The minimum atomic E-state index is -3.44. The Hall–Kier alpha value is -0.710. The second-order valence-electron chi connectivity index (χ2n) is 6.69. The van der Waals surface area contributed by atoms with Crippen LogP contribution in [0.5, 0.6) is 0 Å². The molecule has 0 N–H and O–H groups in total. The van der Waals surface area contributed by atoms with Gasteiger partial charge < -0.3 is 9.64 Å². The maximum Gasteiger partial charge on any atom is 0.227 e. The maximum absolute atomic E-state index is 12.9. The van der Waals surface area contributed by atoms with E-state index in [0.29, 0.717) is 32.4 Å². The molecule has 2 aliphatic heterocycles. The van der Waals surface area contributed by atoms with Crippen molar-refractivity contribution in [2.75, 3.05) is 50.6 Å². The molecule has 2 fully saturated rings. The SMILES string of the molecule is CCN(C(=O)C1CCCN(S(=O)(=O)CCOC)C1)C1CCS(=O)(=O)C1. The fourth-order valence-corrected chi connectivity index (χ4v) is 6.74. The number of carbonyl (C=O) groups is 1. The van der Waals surface area contributed by atoms with Crippen molar-refractivity contribution in [2.24, 2.45) is 5.92 Å². The van der Waals surface area contributed by atoms with Crippen molar-refractivity contribution in [3.8, 4) is 0 Å². The minimum Gasteiger partial charge on any atom is -0.384 e. The van der Waals surface area contributed by atoms with E-state index >= 15 is 0 Å². The number of sulfone groups is 1. The molecule has 10 heteroatoms. The zero-order valence-electron chi connectivity index (χ0n) is 14.9. The van der Waals surface area contributed by atoms with Gasteiger partial charge in [0, 0.05) is 32.8 Å². The Morgan fingerprint density at radius 2 is 2.04 bits per heavy atom. The molecule has 0 aromatic heterocycles. The first kappa shape index (κ1) is 20.6. The molecular weight excluding hydrogens is 368 g/mol. The van der Waals surface area contributed by atoms with Crippen LogP contribution in [-0.2, 0) is 29.4 Å². The zero-order chi connectivity index (χ0) is 18.7. The van der Waals surface area contributed by atoms with Gasteiger partial charge in [-0.05, 0) is 26.2 Å². The van der Waals surface area contributed by atoms with E-state index in [1.165, 1.54) is 11.4 Å². The fraction of sp³-hybridized carbons (Fsp3) is 0.933. The van der Waals surface area contributed by atoms with Gasteiger partial charge in [-0.1, -0.05) is 0 Å². The van der Waals surface area contributed by atoms with E-state index in [4.69, 9.17) is 4.74 Å². The molecule has 2 unspecified atom stereocenters. The number of methoxy groups -OCH3 is 1. The number of sulfonamides is 1. The molecule has 0 spiro atoms. The van der Waals surface area contributed by atoms with Crippen molar-refractivity contribution in [2.45, 2.75) is 32.2 Å². The molecule has 2 atom stereocenters. The minimum absolute atomic E-state index is 0.00908. The smallest absolute Gasteiger partial charge is 0.227 e. The van der Waals surface area contributed by atoms with Gasteiger partial charge in [-0.25, -0.2) is 21.1 Å². The molecule has 2 rings (SSSR count). The van der Waals surface area contributed by atoms with Crippen LogP contribution in [0.2, 0.25) is 0 Å². The van der Waals surface area contributed by atoms with Crippen LogP contribution in [0, 0.1) is 5.92 Å². The van der Waals surface area contributed by atoms with Crippen molar-refractivity contribution in [3.05, 3.63) is 0 Å². The molecule has 2 heterocycles. The average Bonchev–Trinajstić information content (AvgIpc) is 2.93. The molecule has 0 aliphatic carbocycles. The summed E-state index contributed by atoms with van der Waals surface area (Å²) in [4.78, 5) is 14.5. The van der Waals surface area contributed by atoms with Gasteiger partial charge in [0.2, 0.25) is 15.9 Å².